The lowest BCUT2D eigenvalue weighted by Crippen LogP contribution is -2.60. The van der Waals surface area contributed by atoms with Crippen molar-refractivity contribution in [3.8, 4) is 0 Å². The third-order valence-corrected chi connectivity index (χ3v) is 23.9. The molecule has 0 bridgehead atoms. The fourth-order valence-electron chi connectivity index (χ4n) is 15.3. The second kappa shape index (κ2) is 75.3. The van der Waals surface area contributed by atoms with Gasteiger partial charge in [0.2, 0.25) is 124 Å². The van der Waals surface area contributed by atoms with Gasteiger partial charge in [0.1, 0.15) is 115 Å². The second-order valence-electron chi connectivity index (χ2n) is 40.5. The maximum atomic E-state index is 14.6. The molecule has 0 aliphatic rings. The molecule has 0 fully saturated rings. The summed E-state index contributed by atoms with van der Waals surface area (Å²) in [6, 6.07) is -25.1. The molecule has 0 unspecified atom stereocenters. The molecule has 148 heavy (non-hydrogen) atoms. The Kier molecular flexibility index (Phi) is 69.5. The maximum absolute atomic E-state index is 14.6. The Bertz CT molecular complexity index is 4170. The van der Waals surface area contributed by atoms with Crippen molar-refractivity contribution < 1.29 is 101 Å². The molecule has 38 N–H and O–H groups in total. The van der Waals surface area contributed by atoms with Crippen LogP contribution in [0.4, 0.5) is 0 Å². The Morgan fingerprint density at radius 3 is 0.534 bits per heavy atom. The summed E-state index contributed by atoms with van der Waals surface area (Å²) in [5.74, 6) is -17.6. The van der Waals surface area contributed by atoms with E-state index in [9.17, 15) is 101 Å². The van der Waals surface area contributed by atoms with Gasteiger partial charge < -0.3 is 158 Å². The predicted octanol–water partition coefficient (Wildman–Crippen LogP) is -5.58. The quantitative estimate of drug-likeness (QED) is 0.0253. The number of hydrogen-bond acceptors (Lipinski definition) is 29. The van der Waals surface area contributed by atoms with Gasteiger partial charge in [-0.15, -0.1) is 0 Å². The zero-order valence-corrected chi connectivity index (χ0v) is 90.7. The predicted molar refractivity (Wildman–Crippen MR) is 560 cm³/mol. The molecule has 0 heterocycles. The van der Waals surface area contributed by atoms with Crippen molar-refractivity contribution in [2.75, 3.05) is 52.4 Å². The minimum absolute atomic E-state index is 0.000483. The largest absolute Gasteiger partial charge is 0.368 e. The molecule has 0 aromatic heterocycles. The van der Waals surface area contributed by atoms with Crippen LogP contribution < -0.4 is 158 Å². The van der Waals surface area contributed by atoms with E-state index in [4.69, 9.17) is 51.6 Å². The van der Waals surface area contributed by atoms with Crippen molar-refractivity contribution in [3.05, 3.63) is 0 Å². The second-order valence-corrected chi connectivity index (χ2v) is 40.5. The first-order chi connectivity index (χ1) is 69.6. The van der Waals surface area contributed by atoms with Gasteiger partial charge in [0.25, 0.3) is 0 Å². The molecule has 0 saturated carbocycles. The Morgan fingerprint density at radius 1 is 0.176 bits per heavy atom. The number of nitrogens with two attached hydrogens (primary N) is 9. The molecule has 21 amide bonds. The topological polar surface area (TPSA) is 833 Å². The molecule has 0 aliphatic heterocycles. The average molecular weight is 2110 g/mol. The van der Waals surface area contributed by atoms with Crippen molar-refractivity contribution in [1.82, 2.24) is 106 Å². The Hall–Kier alpha value is -11.4. The van der Waals surface area contributed by atoms with Crippen LogP contribution in [0.15, 0.2) is 0 Å². The summed E-state index contributed by atoms with van der Waals surface area (Å²) >= 11 is 0. The molecule has 0 aliphatic carbocycles. The first-order valence-electron chi connectivity index (χ1n) is 52.6. The van der Waals surface area contributed by atoms with Gasteiger partial charge in [-0.1, -0.05) is 69.2 Å². The number of primary amides is 1. The van der Waals surface area contributed by atoms with Crippen molar-refractivity contribution in [1.29, 1.82) is 0 Å². The zero-order chi connectivity index (χ0) is 113. The van der Waals surface area contributed by atoms with E-state index in [0.717, 1.165) is 0 Å². The van der Waals surface area contributed by atoms with Crippen LogP contribution in [0.25, 0.3) is 0 Å². The highest BCUT2D eigenvalue weighted by molar-refractivity contribution is 6.02. The van der Waals surface area contributed by atoms with E-state index >= 15 is 0 Å². The number of rotatable bonds is 79. The standard InChI is InChI=1S/C98H185N29O21/c1-53(2)47-73(79(107)129)123-85(135)62(15)111-82(132)60(13)112-89(139)67(34-20-27-41-100)118-84(134)63(16)115-96(146)75(49-55(5)6)127-95(145)71(38-24-31-45-104)120-92(142)66(33-19-26-40-99)116-78(128)52-108-88(138)74(48-54(3)4)126-94(144)72(39-25-32-46-105)122-98(148)77(51-57(9)10)125-87(137)65(18)114-91(141)69(36-22-29-43-102)119-93(143)70(37-23-30-44-103)121-97(147)76(50-56(7)8)124-86(136)64(17)113-90(140)68(35-21-28-42-101)117-83(133)61(14)110-81(131)59(12)109-80(130)58(11)106/h53-77H,19-52,99-106H2,1-18H3,(H2,107,129)(H,108,138)(H,109,130)(H,110,131)(H,111,132)(H,112,139)(H,113,140)(H,114,141)(H,115,146)(H,116,128)(H,117,133)(H,118,134)(H,119,143)(H,120,142)(H,121,147)(H,122,148)(H,123,135)(H,124,136)(H,125,137)(H,126,144)(H,127,145)/t58-,59-,60-,61-,62-,63-,64-,65-,66-,67-,68-,69-,70-,71-,72-,73-,74-,75-,76-,77-/m0/s1. The van der Waals surface area contributed by atoms with E-state index in [1.165, 1.54) is 55.4 Å². The number of hydrogen-bond donors (Lipinski definition) is 29. The van der Waals surface area contributed by atoms with Crippen LogP contribution in [0.5, 0.6) is 0 Å². The van der Waals surface area contributed by atoms with Gasteiger partial charge in [-0.05, 0) is 298 Å². The maximum Gasteiger partial charge on any atom is 0.243 e. The SMILES string of the molecule is CC(C)C[C@H](NC(=O)[C@H](C)NC(=O)[C@H](C)NC(=O)[C@H](CCCCN)NC(=O)[C@H](C)NC(=O)[C@H](CC(C)C)NC(=O)[C@H](CCCCN)NC(=O)[C@H](CCCCN)NC(=O)CNC(=O)[C@H](CC(C)C)NC(=O)[C@H](CCCCN)NC(=O)[C@H](CC(C)C)NC(=O)[C@H](C)NC(=O)[C@H](CCCCN)NC(=O)[C@H](CCCCN)NC(=O)[C@H](CC(C)C)NC(=O)[C@H](C)NC(=O)[C@H](CCCCN)NC(=O)[C@H](C)NC(=O)[C@H](C)NC(=O)[C@H](C)N)C(N)=O. The number of carbonyl (C=O) groups is 21. The first kappa shape index (κ1) is 137. The van der Waals surface area contributed by atoms with Crippen LogP contribution in [0.2, 0.25) is 0 Å². The highest BCUT2D eigenvalue weighted by Gasteiger charge is 2.40. The van der Waals surface area contributed by atoms with Crippen LogP contribution >= 0.6 is 0 Å². The van der Waals surface area contributed by atoms with E-state index in [1.54, 1.807) is 55.4 Å². The van der Waals surface area contributed by atoms with Crippen LogP contribution in [0.3, 0.4) is 0 Å². The summed E-state index contributed by atoms with van der Waals surface area (Å²) in [5, 5.41) is 52.5. The third-order valence-electron chi connectivity index (χ3n) is 23.9. The Balaban J connectivity index is 6.91. The van der Waals surface area contributed by atoms with Gasteiger partial charge in [-0.25, -0.2) is 0 Å². The zero-order valence-electron chi connectivity index (χ0n) is 90.7. The lowest BCUT2D eigenvalue weighted by atomic mass is 10.00. The lowest BCUT2D eigenvalue weighted by Gasteiger charge is -2.28. The Morgan fingerprint density at radius 2 is 0.324 bits per heavy atom. The van der Waals surface area contributed by atoms with Crippen molar-refractivity contribution >= 4 is 124 Å². The molecule has 0 aromatic carbocycles. The molecule has 848 valence electrons. The molecule has 0 radical (unpaired) electrons. The summed E-state index contributed by atoms with van der Waals surface area (Å²) in [5.41, 5.74) is 51.9. The normalized spacial score (nSPS) is 15.4. The molecule has 50 heteroatoms. The number of unbranched alkanes of at least 4 members (excludes halogenated alkanes) is 7. The molecule has 0 saturated heterocycles. The average Bonchev–Trinajstić information content (AvgIpc) is 0.855. The molecule has 0 rings (SSSR count). The monoisotopic (exact) mass is 2100 g/mol. The van der Waals surface area contributed by atoms with E-state index in [0.29, 0.717) is 89.9 Å². The summed E-state index contributed by atoms with van der Waals surface area (Å²) in [7, 11) is 0. The van der Waals surface area contributed by atoms with Crippen LogP contribution in [0.1, 0.15) is 292 Å². The highest BCUT2D eigenvalue weighted by atomic mass is 16.2. The molecule has 0 spiro atoms. The summed E-state index contributed by atoms with van der Waals surface area (Å²) in [6.45, 7) is 29.7. The Labute approximate surface area is 873 Å². The molecular weight excluding hydrogens is 1920 g/mol. The van der Waals surface area contributed by atoms with E-state index in [-0.39, 0.29) is 152 Å². The molecule has 50 nitrogen and oxygen atoms in total. The fraction of sp³-hybridized carbons (Fsp3) is 0.786. The van der Waals surface area contributed by atoms with Crippen molar-refractivity contribution in [2.45, 2.75) is 412 Å². The molecule has 0 aromatic rings. The van der Waals surface area contributed by atoms with E-state index in [2.05, 4.69) is 106 Å². The number of carbonyl (C=O) groups excluding carboxylic acids is 21. The number of nitrogens with one attached hydrogen (secondary N) is 20. The van der Waals surface area contributed by atoms with Crippen molar-refractivity contribution in [3.63, 3.8) is 0 Å². The van der Waals surface area contributed by atoms with Gasteiger partial charge in [0.05, 0.1) is 12.6 Å². The minimum Gasteiger partial charge on any atom is -0.368 e. The van der Waals surface area contributed by atoms with E-state index < -0.39 is 251 Å². The number of amides is 21. The van der Waals surface area contributed by atoms with Crippen LogP contribution in [0, 0.1) is 29.6 Å². The fourth-order valence-corrected chi connectivity index (χ4v) is 15.3. The lowest BCUT2D eigenvalue weighted by molar-refractivity contribution is -0.136. The molecular formula is C98H185N29O21. The van der Waals surface area contributed by atoms with Crippen molar-refractivity contribution in [2.24, 2.45) is 81.2 Å². The van der Waals surface area contributed by atoms with Crippen LogP contribution in [-0.2, 0) is 101 Å². The first-order valence-corrected chi connectivity index (χ1v) is 52.6. The highest BCUT2D eigenvalue weighted by Crippen LogP contribution is 2.18. The van der Waals surface area contributed by atoms with Gasteiger partial charge in [0.15, 0.2) is 0 Å². The summed E-state index contributed by atoms with van der Waals surface area (Å²) in [6.07, 6.45) is 5.62. The van der Waals surface area contributed by atoms with Crippen LogP contribution in [-0.4, -0.2) is 297 Å². The summed E-state index contributed by atoms with van der Waals surface area (Å²) < 4.78 is 0. The van der Waals surface area contributed by atoms with Gasteiger partial charge in [0, 0.05) is 0 Å². The minimum atomic E-state index is -1.39. The van der Waals surface area contributed by atoms with Gasteiger partial charge in [-0.2, -0.15) is 0 Å². The van der Waals surface area contributed by atoms with E-state index in [1.807, 2.05) is 13.8 Å². The van der Waals surface area contributed by atoms with Gasteiger partial charge >= 0.3 is 0 Å². The third kappa shape index (κ3) is 57.4. The smallest absolute Gasteiger partial charge is 0.243 e. The molecule has 20 atom stereocenters. The summed E-state index contributed by atoms with van der Waals surface area (Å²) in [4.78, 5) is 291. The van der Waals surface area contributed by atoms with Gasteiger partial charge in [-0.3, -0.25) is 101 Å².